The van der Waals surface area contributed by atoms with Crippen LogP contribution in [0.3, 0.4) is 0 Å². The van der Waals surface area contributed by atoms with Crippen molar-refractivity contribution in [3.63, 3.8) is 0 Å². The van der Waals surface area contributed by atoms with Crippen molar-refractivity contribution in [3.8, 4) is 16.3 Å². The molecule has 4 rings (SSSR count). The highest BCUT2D eigenvalue weighted by Gasteiger charge is 2.09. The summed E-state index contributed by atoms with van der Waals surface area (Å²) in [6, 6.07) is 12.8. The van der Waals surface area contributed by atoms with Gasteiger partial charge < -0.3 is 14.6 Å². The Morgan fingerprint density at radius 1 is 1.14 bits per heavy atom. The second-order valence-electron chi connectivity index (χ2n) is 7.47. The van der Waals surface area contributed by atoms with Crippen LogP contribution in [0.5, 0.6) is 5.75 Å². The number of ether oxygens (including phenoxy) is 1. The number of nitrogens with one attached hydrogen (secondary N) is 1. The van der Waals surface area contributed by atoms with Gasteiger partial charge in [0.05, 0.1) is 16.7 Å². The molecular formula is C23H26N4OS. The number of benzene rings is 1. The van der Waals surface area contributed by atoms with Crippen LogP contribution in [-0.2, 0) is 6.54 Å². The number of anilines is 1. The lowest BCUT2D eigenvalue weighted by Crippen LogP contribution is -2.12. The third-order valence-electron chi connectivity index (χ3n) is 4.88. The van der Waals surface area contributed by atoms with Crippen LogP contribution in [-0.4, -0.2) is 27.2 Å². The summed E-state index contributed by atoms with van der Waals surface area (Å²) in [6.45, 7) is 10.1. The summed E-state index contributed by atoms with van der Waals surface area (Å²) < 4.78 is 8.11. The number of fused-ring (bicyclic) bond motifs is 1. The van der Waals surface area contributed by atoms with Gasteiger partial charge in [0.2, 0.25) is 0 Å². The van der Waals surface area contributed by atoms with Crippen LogP contribution < -0.4 is 10.1 Å². The number of aryl methyl sites for hydroxylation is 2. The molecule has 29 heavy (non-hydrogen) atoms. The maximum Gasteiger partial charge on any atom is 0.131 e. The number of aromatic nitrogens is 3. The number of rotatable bonds is 7. The molecule has 0 radical (unpaired) electrons. The second kappa shape index (κ2) is 8.25. The molecule has 0 saturated carbocycles. The molecule has 0 aliphatic carbocycles. The minimum absolute atomic E-state index is 0.164. The highest BCUT2D eigenvalue weighted by Crippen LogP contribution is 2.31. The van der Waals surface area contributed by atoms with Gasteiger partial charge >= 0.3 is 0 Å². The third-order valence-corrected chi connectivity index (χ3v) is 5.81. The Morgan fingerprint density at radius 2 is 2.00 bits per heavy atom. The smallest absolute Gasteiger partial charge is 0.131 e. The van der Waals surface area contributed by atoms with Gasteiger partial charge in [-0.05, 0) is 45.4 Å². The number of hydrogen-bond donors (Lipinski definition) is 1. The first-order valence-corrected chi connectivity index (χ1v) is 10.8. The summed E-state index contributed by atoms with van der Waals surface area (Å²) in [5.74, 6) is 1.72. The van der Waals surface area contributed by atoms with Crippen molar-refractivity contribution in [1.82, 2.24) is 14.5 Å². The van der Waals surface area contributed by atoms with E-state index in [9.17, 15) is 0 Å². The lowest BCUT2D eigenvalue weighted by Gasteiger charge is -2.11. The van der Waals surface area contributed by atoms with E-state index in [1.165, 1.54) is 22.2 Å². The predicted octanol–water partition coefficient (Wildman–Crippen LogP) is 5.68. The Labute approximate surface area is 175 Å². The minimum atomic E-state index is 0.164. The second-order valence-corrected chi connectivity index (χ2v) is 8.38. The van der Waals surface area contributed by atoms with Crippen molar-refractivity contribution in [3.05, 3.63) is 59.4 Å². The molecule has 0 spiro atoms. The highest BCUT2D eigenvalue weighted by molar-refractivity contribution is 7.13. The van der Waals surface area contributed by atoms with Crippen LogP contribution in [0.4, 0.5) is 5.82 Å². The van der Waals surface area contributed by atoms with Gasteiger partial charge in [-0.25, -0.2) is 9.97 Å². The molecule has 0 aliphatic heterocycles. The van der Waals surface area contributed by atoms with Crippen LogP contribution in [0.2, 0.25) is 0 Å². The molecule has 3 aromatic heterocycles. The summed E-state index contributed by atoms with van der Waals surface area (Å²) in [4.78, 5) is 9.88. The predicted molar refractivity (Wildman–Crippen MR) is 121 cm³/mol. The summed E-state index contributed by atoms with van der Waals surface area (Å²) in [7, 11) is 0. The van der Waals surface area contributed by atoms with Gasteiger partial charge in [0.1, 0.15) is 17.9 Å². The fraction of sp³-hybridized carbons (Fsp3) is 0.304. The van der Waals surface area contributed by atoms with Crippen molar-refractivity contribution in [2.75, 3.05) is 11.9 Å². The van der Waals surface area contributed by atoms with Crippen LogP contribution in [0.15, 0.2) is 48.1 Å². The van der Waals surface area contributed by atoms with Gasteiger partial charge in [-0.15, -0.1) is 11.3 Å². The van der Waals surface area contributed by atoms with E-state index in [1.54, 1.807) is 17.7 Å². The number of thiophene rings is 1. The lowest BCUT2D eigenvalue weighted by molar-refractivity contribution is 0.243. The average molecular weight is 407 g/mol. The van der Waals surface area contributed by atoms with Crippen LogP contribution in [0, 0.1) is 13.8 Å². The summed E-state index contributed by atoms with van der Waals surface area (Å²) >= 11 is 1.63. The fourth-order valence-electron chi connectivity index (χ4n) is 3.53. The van der Waals surface area contributed by atoms with E-state index in [0.29, 0.717) is 0 Å². The molecule has 0 amide bonds. The molecule has 1 aromatic carbocycles. The fourth-order valence-corrected chi connectivity index (χ4v) is 4.32. The number of hydrogen-bond acceptors (Lipinski definition) is 5. The molecule has 1 N–H and O–H groups in total. The molecule has 0 unspecified atom stereocenters. The molecule has 0 fully saturated rings. The van der Waals surface area contributed by atoms with E-state index < -0.39 is 0 Å². The first-order valence-electron chi connectivity index (χ1n) is 9.88. The standard InChI is InChI=1S/C23H26N4OS/c1-15(2)28-18-11-22(29-13-18)20-12-23(26-14-25-20)24-8-9-27-17(4)10-19-16(3)6-5-7-21(19)27/h5-7,10-15H,8-9H2,1-4H3,(H,24,25,26). The van der Waals surface area contributed by atoms with Crippen molar-refractivity contribution in [2.24, 2.45) is 0 Å². The van der Waals surface area contributed by atoms with Gasteiger partial charge in [-0.3, -0.25) is 0 Å². The van der Waals surface area contributed by atoms with E-state index in [1.807, 2.05) is 31.4 Å². The molecule has 150 valence electrons. The van der Waals surface area contributed by atoms with E-state index in [4.69, 9.17) is 4.74 Å². The van der Waals surface area contributed by atoms with Crippen molar-refractivity contribution < 1.29 is 4.74 Å². The monoisotopic (exact) mass is 406 g/mol. The lowest BCUT2D eigenvalue weighted by atomic mass is 10.1. The first kappa shape index (κ1) is 19.5. The van der Waals surface area contributed by atoms with Gasteiger partial charge in [0, 0.05) is 47.2 Å². The van der Waals surface area contributed by atoms with Gasteiger partial charge in [0.15, 0.2) is 0 Å². The maximum absolute atomic E-state index is 5.76. The summed E-state index contributed by atoms with van der Waals surface area (Å²) in [5, 5.41) is 6.79. The zero-order chi connectivity index (χ0) is 20.4. The normalized spacial score (nSPS) is 11.3. The molecule has 0 aliphatic rings. The van der Waals surface area contributed by atoms with E-state index in [0.717, 1.165) is 35.2 Å². The van der Waals surface area contributed by atoms with Crippen LogP contribution in [0.25, 0.3) is 21.5 Å². The molecule has 5 nitrogen and oxygen atoms in total. The van der Waals surface area contributed by atoms with Gasteiger partial charge in [-0.2, -0.15) is 0 Å². The topological polar surface area (TPSA) is 52.0 Å². The Bertz CT molecular complexity index is 1130. The Hall–Kier alpha value is -2.86. The number of nitrogens with zero attached hydrogens (tertiary/aromatic N) is 3. The van der Waals surface area contributed by atoms with Crippen molar-refractivity contribution in [2.45, 2.75) is 40.3 Å². The molecule has 0 bridgehead atoms. The molecule has 0 atom stereocenters. The van der Waals surface area contributed by atoms with Gasteiger partial charge in [-0.1, -0.05) is 12.1 Å². The maximum atomic E-state index is 5.76. The van der Waals surface area contributed by atoms with Crippen LogP contribution >= 0.6 is 11.3 Å². The van der Waals surface area contributed by atoms with E-state index in [-0.39, 0.29) is 6.10 Å². The zero-order valence-electron chi connectivity index (χ0n) is 17.3. The Morgan fingerprint density at radius 3 is 2.83 bits per heavy atom. The third kappa shape index (κ3) is 4.27. The summed E-state index contributed by atoms with van der Waals surface area (Å²) in [6.07, 6.45) is 1.78. The first-order chi connectivity index (χ1) is 14.0. The van der Waals surface area contributed by atoms with E-state index >= 15 is 0 Å². The molecule has 6 heteroatoms. The molecule has 0 saturated heterocycles. The highest BCUT2D eigenvalue weighted by atomic mass is 32.1. The molecular weight excluding hydrogens is 380 g/mol. The molecule has 4 aromatic rings. The largest absolute Gasteiger partial charge is 0.490 e. The van der Waals surface area contributed by atoms with Crippen molar-refractivity contribution in [1.29, 1.82) is 0 Å². The molecule has 3 heterocycles. The SMILES string of the molecule is Cc1cccc2c1cc(C)n2CCNc1cc(-c2cc(OC(C)C)cs2)ncn1. The minimum Gasteiger partial charge on any atom is -0.490 e. The van der Waals surface area contributed by atoms with Crippen LogP contribution in [0.1, 0.15) is 25.1 Å². The van der Waals surface area contributed by atoms with Crippen molar-refractivity contribution >= 4 is 28.1 Å². The zero-order valence-corrected chi connectivity index (χ0v) is 18.1. The Kier molecular flexibility index (Phi) is 5.53. The quantitative estimate of drug-likeness (QED) is 0.429. The Balaban J connectivity index is 1.45. The van der Waals surface area contributed by atoms with Gasteiger partial charge in [0.25, 0.3) is 0 Å². The summed E-state index contributed by atoms with van der Waals surface area (Å²) in [5.41, 5.74) is 4.78. The van der Waals surface area contributed by atoms with E-state index in [2.05, 4.69) is 58.0 Å². The average Bonchev–Trinajstić information content (AvgIpc) is 3.27.